The van der Waals surface area contributed by atoms with Crippen LogP contribution in [0.15, 0.2) is 61.2 Å². The number of rotatable bonds is 12. The number of benzene rings is 2. The Kier molecular flexibility index (Phi) is 9.45. The van der Waals surface area contributed by atoms with Crippen LogP contribution in [0.3, 0.4) is 0 Å². The molecule has 0 amide bonds. The molecule has 0 unspecified atom stereocenters. The molecule has 2 N–H and O–H groups in total. The van der Waals surface area contributed by atoms with Crippen LogP contribution in [0, 0.1) is 0 Å². The molecule has 0 aromatic heterocycles. The predicted octanol–water partition coefficient (Wildman–Crippen LogP) is 4.03. The van der Waals surface area contributed by atoms with Crippen molar-refractivity contribution in [2.45, 2.75) is 32.2 Å². The van der Waals surface area contributed by atoms with Crippen LogP contribution in [0.1, 0.15) is 41.6 Å². The van der Waals surface area contributed by atoms with Crippen molar-refractivity contribution < 1.29 is 23.8 Å². The lowest BCUT2D eigenvalue weighted by atomic mass is 10.2. The molecule has 0 radical (unpaired) electrons. The summed E-state index contributed by atoms with van der Waals surface area (Å²) in [5, 5.41) is 0. The van der Waals surface area contributed by atoms with Crippen LogP contribution < -0.4 is 15.2 Å². The fraction of sp³-hybridized carbons (Fsp3) is 0.304. The summed E-state index contributed by atoms with van der Waals surface area (Å²) in [5.74, 6) is 0.375. The Morgan fingerprint density at radius 3 is 2.10 bits per heavy atom. The number of unbranched alkanes of at least 4 members (excludes halogenated alkanes) is 3. The zero-order valence-electron chi connectivity index (χ0n) is 16.5. The van der Waals surface area contributed by atoms with Gasteiger partial charge in [-0.25, -0.2) is 9.59 Å². The SMILES string of the molecule is C=CC(=O)OCCCCCCOc1ccc(C(=O)Oc2ccc(CN)cc2)cc1. The van der Waals surface area contributed by atoms with Crippen LogP contribution in [0.25, 0.3) is 0 Å². The summed E-state index contributed by atoms with van der Waals surface area (Å²) in [6.07, 6.45) is 4.84. The molecule has 0 bridgehead atoms. The molecule has 6 heteroatoms. The van der Waals surface area contributed by atoms with E-state index in [0.29, 0.717) is 36.8 Å². The molecule has 0 aliphatic rings. The van der Waals surface area contributed by atoms with Gasteiger partial charge in [0.2, 0.25) is 0 Å². The first-order valence-electron chi connectivity index (χ1n) is 9.65. The Balaban J connectivity index is 1.65. The average molecular weight is 397 g/mol. The molecule has 0 spiro atoms. The molecular formula is C23H27NO5. The Morgan fingerprint density at radius 1 is 0.862 bits per heavy atom. The summed E-state index contributed by atoms with van der Waals surface area (Å²) < 4.78 is 15.9. The first-order chi connectivity index (χ1) is 14.1. The lowest BCUT2D eigenvalue weighted by Crippen LogP contribution is -2.08. The molecule has 2 aromatic rings. The van der Waals surface area contributed by atoms with E-state index in [1.54, 1.807) is 36.4 Å². The van der Waals surface area contributed by atoms with E-state index in [4.69, 9.17) is 19.9 Å². The molecule has 0 fully saturated rings. The van der Waals surface area contributed by atoms with Gasteiger partial charge in [-0.15, -0.1) is 0 Å². The number of carbonyl (C=O) groups excluding carboxylic acids is 2. The maximum atomic E-state index is 12.2. The quantitative estimate of drug-likeness (QED) is 0.252. The van der Waals surface area contributed by atoms with Crippen molar-refractivity contribution in [3.05, 3.63) is 72.3 Å². The fourth-order valence-corrected chi connectivity index (χ4v) is 2.53. The van der Waals surface area contributed by atoms with Gasteiger partial charge in [0.15, 0.2) is 0 Å². The van der Waals surface area contributed by atoms with E-state index in [9.17, 15) is 9.59 Å². The van der Waals surface area contributed by atoms with Crippen molar-refractivity contribution in [3.8, 4) is 11.5 Å². The maximum absolute atomic E-state index is 12.2. The third-order valence-electron chi connectivity index (χ3n) is 4.18. The van der Waals surface area contributed by atoms with E-state index >= 15 is 0 Å². The van der Waals surface area contributed by atoms with Gasteiger partial charge in [0, 0.05) is 12.6 Å². The van der Waals surface area contributed by atoms with Crippen LogP contribution in [0.2, 0.25) is 0 Å². The highest BCUT2D eigenvalue weighted by Gasteiger charge is 2.09. The topological polar surface area (TPSA) is 87.8 Å². The molecule has 0 heterocycles. The van der Waals surface area contributed by atoms with Crippen molar-refractivity contribution >= 4 is 11.9 Å². The van der Waals surface area contributed by atoms with E-state index in [0.717, 1.165) is 37.3 Å². The van der Waals surface area contributed by atoms with Gasteiger partial charge < -0.3 is 19.9 Å². The number of carbonyl (C=O) groups is 2. The number of ether oxygens (including phenoxy) is 3. The van der Waals surface area contributed by atoms with E-state index in [1.807, 2.05) is 12.1 Å². The number of hydrogen-bond acceptors (Lipinski definition) is 6. The second-order valence-corrected chi connectivity index (χ2v) is 6.40. The molecule has 0 atom stereocenters. The molecule has 2 aromatic carbocycles. The highest BCUT2D eigenvalue weighted by atomic mass is 16.5. The molecule has 154 valence electrons. The minimum Gasteiger partial charge on any atom is -0.494 e. The number of nitrogens with two attached hydrogens (primary N) is 1. The summed E-state index contributed by atoms with van der Waals surface area (Å²) in [7, 11) is 0. The van der Waals surface area contributed by atoms with Crippen LogP contribution >= 0.6 is 0 Å². The third-order valence-corrected chi connectivity index (χ3v) is 4.18. The van der Waals surface area contributed by atoms with Gasteiger partial charge in [-0.05, 0) is 67.6 Å². The highest BCUT2D eigenvalue weighted by molar-refractivity contribution is 5.91. The van der Waals surface area contributed by atoms with Crippen molar-refractivity contribution in [1.82, 2.24) is 0 Å². The number of esters is 2. The van der Waals surface area contributed by atoms with Gasteiger partial charge in [-0.1, -0.05) is 18.7 Å². The second-order valence-electron chi connectivity index (χ2n) is 6.40. The first-order valence-corrected chi connectivity index (χ1v) is 9.65. The van der Waals surface area contributed by atoms with Crippen molar-refractivity contribution in [1.29, 1.82) is 0 Å². The zero-order chi connectivity index (χ0) is 20.9. The molecule has 0 aliphatic heterocycles. The lowest BCUT2D eigenvalue weighted by Gasteiger charge is -2.08. The summed E-state index contributed by atoms with van der Waals surface area (Å²) in [4.78, 5) is 23.1. The summed E-state index contributed by atoms with van der Waals surface area (Å²) in [6.45, 7) is 4.80. The molecule has 29 heavy (non-hydrogen) atoms. The Morgan fingerprint density at radius 2 is 1.48 bits per heavy atom. The third kappa shape index (κ3) is 8.19. The lowest BCUT2D eigenvalue weighted by molar-refractivity contribution is -0.137. The Hall–Kier alpha value is -3.12. The van der Waals surface area contributed by atoms with E-state index < -0.39 is 5.97 Å². The van der Waals surface area contributed by atoms with E-state index in [2.05, 4.69) is 6.58 Å². The molecule has 0 saturated heterocycles. The molecule has 6 nitrogen and oxygen atoms in total. The molecule has 0 saturated carbocycles. The van der Waals surface area contributed by atoms with Crippen molar-refractivity contribution in [3.63, 3.8) is 0 Å². The Bertz CT molecular complexity index is 784. The predicted molar refractivity (Wildman–Crippen MR) is 111 cm³/mol. The smallest absolute Gasteiger partial charge is 0.343 e. The highest BCUT2D eigenvalue weighted by Crippen LogP contribution is 2.17. The van der Waals surface area contributed by atoms with Crippen molar-refractivity contribution in [2.75, 3.05) is 13.2 Å². The van der Waals surface area contributed by atoms with E-state index in [1.165, 1.54) is 0 Å². The summed E-state index contributed by atoms with van der Waals surface area (Å²) in [5.41, 5.74) is 6.98. The van der Waals surface area contributed by atoms with Crippen LogP contribution in [-0.2, 0) is 16.1 Å². The minimum absolute atomic E-state index is 0.384. The van der Waals surface area contributed by atoms with Crippen LogP contribution in [-0.4, -0.2) is 25.2 Å². The summed E-state index contributed by atoms with van der Waals surface area (Å²) in [6, 6.07) is 14.0. The first kappa shape index (κ1) is 22.2. The van der Waals surface area contributed by atoms with Crippen LogP contribution in [0.5, 0.6) is 11.5 Å². The average Bonchev–Trinajstić information content (AvgIpc) is 2.76. The minimum atomic E-state index is -0.422. The van der Waals surface area contributed by atoms with Crippen LogP contribution in [0.4, 0.5) is 0 Å². The maximum Gasteiger partial charge on any atom is 0.343 e. The molecule has 0 aliphatic carbocycles. The van der Waals surface area contributed by atoms with Gasteiger partial charge in [0.1, 0.15) is 11.5 Å². The zero-order valence-corrected chi connectivity index (χ0v) is 16.5. The largest absolute Gasteiger partial charge is 0.494 e. The van der Waals surface area contributed by atoms with E-state index in [-0.39, 0.29) is 5.97 Å². The van der Waals surface area contributed by atoms with Crippen molar-refractivity contribution in [2.24, 2.45) is 5.73 Å². The number of hydrogen-bond donors (Lipinski definition) is 1. The Labute approximate surface area is 171 Å². The molecule has 2 rings (SSSR count). The van der Waals surface area contributed by atoms with Gasteiger partial charge in [0.25, 0.3) is 0 Å². The fourth-order valence-electron chi connectivity index (χ4n) is 2.53. The standard InChI is InChI=1S/C23H27NO5/c1-2-22(25)28-16-6-4-3-5-15-27-20-13-9-19(10-14-20)23(26)29-21-11-7-18(17-24)8-12-21/h2,7-14H,1,3-6,15-17,24H2. The normalized spacial score (nSPS) is 10.2. The molecular weight excluding hydrogens is 370 g/mol. The second kappa shape index (κ2) is 12.4. The van der Waals surface area contributed by atoms with Gasteiger partial charge in [0.05, 0.1) is 18.8 Å². The van der Waals surface area contributed by atoms with Gasteiger partial charge >= 0.3 is 11.9 Å². The van der Waals surface area contributed by atoms with Gasteiger partial charge in [-0.2, -0.15) is 0 Å². The summed E-state index contributed by atoms with van der Waals surface area (Å²) >= 11 is 0. The monoisotopic (exact) mass is 397 g/mol. The van der Waals surface area contributed by atoms with Gasteiger partial charge in [-0.3, -0.25) is 0 Å².